The van der Waals surface area contributed by atoms with E-state index in [0.29, 0.717) is 0 Å². The SMILES string of the molecule is N=C(NN)N(N)n1nnnn1. The average Bonchev–Trinajstić information content (AvgIpc) is 2.53. The van der Waals surface area contributed by atoms with Gasteiger partial charge in [-0.15, -0.1) is 5.12 Å². The molecule has 1 aromatic heterocycles. The second-order valence-electron chi connectivity index (χ2n) is 1.46. The maximum absolute atomic E-state index is 7.03. The highest BCUT2D eigenvalue weighted by Gasteiger charge is 2.06. The summed E-state index contributed by atoms with van der Waals surface area (Å²) in [5, 5.41) is 20.6. The van der Waals surface area contributed by atoms with Crippen molar-refractivity contribution in [1.29, 1.82) is 5.41 Å². The van der Waals surface area contributed by atoms with Gasteiger partial charge in [-0.1, -0.05) is 0 Å². The molecule has 1 heterocycles. The van der Waals surface area contributed by atoms with E-state index in [9.17, 15) is 0 Å². The van der Waals surface area contributed by atoms with Crippen LogP contribution >= 0.6 is 0 Å². The van der Waals surface area contributed by atoms with E-state index in [1.54, 1.807) is 0 Å². The van der Waals surface area contributed by atoms with E-state index in [1.165, 1.54) is 0 Å². The highest BCUT2D eigenvalue weighted by atomic mass is 15.9. The van der Waals surface area contributed by atoms with E-state index in [2.05, 4.69) is 20.9 Å². The number of nitrogens with two attached hydrogens (primary N) is 2. The van der Waals surface area contributed by atoms with Crippen LogP contribution in [-0.2, 0) is 0 Å². The molecule has 0 amide bonds. The van der Waals surface area contributed by atoms with Crippen LogP contribution in [0.3, 0.4) is 0 Å². The van der Waals surface area contributed by atoms with Crippen molar-refractivity contribution in [2.24, 2.45) is 11.7 Å². The molecule has 0 bridgehead atoms. The van der Waals surface area contributed by atoms with Crippen LogP contribution in [0, 0.1) is 5.41 Å². The number of rotatable bonds is 1. The maximum atomic E-state index is 7.03. The van der Waals surface area contributed by atoms with Gasteiger partial charge in [0.1, 0.15) is 0 Å². The minimum Gasteiger partial charge on any atom is -0.292 e. The third-order valence-corrected chi connectivity index (χ3v) is 0.839. The predicted molar refractivity (Wildman–Crippen MR) is 33.1 cm³/mol. The maximum Gasteiger partial charge on any atom is 0.243 e. The first-order valence-electron chi connectivity index (χ1n) is 2.47. The van der Waals surface area contributed by atoms with E-state index in [-0.39, 0.29) is 5.96 Å². The van der Waals surface area contributed by atoms with Crippen LogP contribution in [0.5, 0.6) is 0 Å². The molecule has 0 aliphatic carbocycles. The van der Waals surface area contributed by atoms with Crippen molar-refractivity contribution in [3.63, 3.8) is 0 Å². The lowest BCUT2D eigenvalue weighted by Crippen LogP contribution is -2.55. The average molecular weight is 158 g/mol. The fraction of sp³-hybridized carbons (Fsp3) is 0. The number of nitrogens with zero attached hydrogens (tertiary/aromatic N) is 6. The van der Waals surface area contributed by atoms with Crippen molar-refractivity contribution in [3.8, 4) is 0 Å². The Morgan fingerprint density at radius 3 is 2.45 bits per heavy atom. The topological polar surface area (TPSA) is 148 Å². The van der Waals surface area contributed by atoms with Crippen molar-refractivity contribution in [2.75, 3.05) is 5.12 Å². The second kappa shape index (κ2) is 2.85. The zero-order valence-corrected chi connectivity index (χ0v) is 5.34. The Morgan fingerprint density at radius 2 is 2.00 bits per heavy atom. The van der Waals surface area contributed by atoms with E-state index in [4.69, 9.17) is 17.1 Å². The third kappa shape index (κ3) is 1.36. The van der Waals surface area contributed by atoms with Crippen LogP contribution in [0.25, 0.3) is 0 Å². The van der Waals surface area contributed by atoms with Gasteiger partial charge < -0.3 is 0 Å². The van der Waals surface area contributed by atoms with Gasteiger partial charge in [0.2, 0.25) is 5.96 Å². The molecule has 0 aliphatic rings. The fourth-order valence-corrected chi connectivity index (χ4v) is 0.367. The standard InChI is InChI=1S/CH6N10/c2-1(5-3)10(4)11-8-6-7-9-11/h3-4H2,(H2,2,5). The van der Waals surface area contributed by atoms with E-state index in [1.807, 2.05) is 5.43 Å². The molecule has 0 saturated carbocycles. The van der Waals surface area contributed by atoms with Crippen LogP contribution < -0.4 is 22.2 Å². The second-order valence-corrected chi connectivity index (χ2v) is 1.46. The summed E-state index contributed by atoms with van der Waals surface area (Å²) in [6, 6.07) is 0. The van der Waals surface area contributed by atoms with Gasteiger partial charge in [0, 0.05) is 0 Å². The van der Waals surface area contributed by atoms with Crippen molar-refractivity contribution in [3.05, 3.63) is 0 Å². The van der Waals surface area contributed by atoms with E-state index >= 15 is 0 Å². The third-order valence-electron chi connectivity index (χ3n) is 0.839. The van der Waals surface area contributed by atoms with Gasteiger partial charge in [-0.2, -0.15) is 0 Å². The zero-order valence-electron chi connectivity index (χ0n) is 5.34. The number of hydrogen-bond donors (Lipinski definition) is 4. The van der Waals surface area contributed by atoms with E-state index in [0.717, 1.165) is 10.0 Å². The lowest BCUT2D eigenvalue weighted by molar-refractivity contribution is 0.533. The Kier molecular flexibility index (Phi) is 1.89. The first kappa shape index (κ1) is 7.30. The predicted octanol–water partition coefficient (Wildman–Crippen LogP) is -3.72. The summed E-state index contributed by atoms with van der Waals surface area (Å²) in [6.07, 6.45) is 0. The van der Waals surface area contributed by atoms with Crippen LogP contribution in [0.2, 0.25) is 0 Å². The normalized spacial score (nSPS) is 9.27. The first-order chi connectivity index (χ1) is 5.25. The smallest absolute Gasteiger partial charge is 0.243 e. The molecule has 0 spiro atoms. The molecule has 0 fully saturated rings. The summed E-state index contributed by atoms with van der Waals surface area (Å²) < 4.78 is 0. The molecule has 1 aromatic rings. The largest absolute Gasteiger partial charge is 0.292 e. The number of hydrogen-bond acceptors (Lipinski definition) is 7. The molecule has 10 nitrogen and oxygen atoms in total. The number of guanidine groups is 1. The number of aromatic nitrogens is 5. The minimum atomic E-state index is -0.287. The Hall–Kier alpha value is -1.81. The molecule has 0 saturated heterocycles. The van der Waals surface area contributed by atoms with Gasteiger partial charge >= 0.3 is 0 Å². The van der Waals surface area contributed by atoms with Crippen molar-refractivity contribution >= 4 is 5.96 Å². The van der Waals surface area contributed by atoms with Crippen LogP contribution in [0.1, 0.15) is 0 Å². The summed E-state index contributed by atoms with van der Waals surface area (Å²) in [5.41, 5.74) is 1.98. The van der Waals surface area contributed by atoms with E-state index < -0.39 is 0 Å². The molecule has 0 aliphatic heterocycles. The molecule has 1 rings (SSSR count). The Morgan fingerprint density at radius 1 is 1.45 bits per heavy atom. The van der Waals surface area contributed by atoms with Crippen LogP contribution in [0.4, 0.5) is 0 Å². The summed E-state index contributed by atoms with van der Waals surface area (Å²) in [5.74, 6) is 9.80. The highest BCUT2D eigenvalue weighted by Crippen LogP contribution is 1.70. The lowest BCUT2D eigenvalue weighted by atomic mass is 11.0. The molecule has 0 atom stereocenters. The minimum absolute atomic E-state index is 0.287. The van der Waals surface area contributed by atoms with Gasteiger partial charge in [0.05, 0.1) is 0 Å². The summed E-state index contributed by atoms with van der Waals surface area (Å²) in [7, 11) is 0. The van der Waals surface area contributed by atoms with Gasteiger partial charge in [0.15, 0.2) is 0 Å². The molecular weight excluding hydrogens is 152 g/mol. The summed E-state index contributed by atoms with van der Waals surface area (Å²) in [6.45, 7) is 0. The molecule has 0 radical (unpaired) electrons. The monoisotopic (exact) mass is 158 g/mol. The summed E-state index contributed by atoms with van der Waals surface area (Å²) in [4.78, 5) is 0.794. The zero-order chi connectivity index (χ0) is 8.27. The quantitative estimate of drug-likeness (QED) is 0.141. The molecule has 10 heteroatoms. The van der Waals surface area contributed by atoms with Crippen molar-refractivity contribution in [2.45, 2.75) is 0 Å². The van der Waals surface area contributed by atoms with Gasteiger partial charge in [-0.05, 0) is 25.8 Å². The molecule has 0 unspecified atom stereocenters. The Bertz CT molecular complexity index is 221. The number of hydrazine groups is 2. The molecule has 0 aromatic carbocycles. The number of nitrogens with one attached hydrogen (secondary N) is 2. The van der Waals surface area contributed by atoms with Gasteiger partial charge in [-0.3, -0.25) is 10.8 Å². The van der Waals surface area contributed by atoms with Gasteiger partial charge in [-0.25, -0.2) is 11.7 Å². The van der Waals surface area contributed by atoms with Crippen molar-refractivity contribution < 1.29 is 0 Å². The van der Waals surface area contributed by atoms with Crippen LogP contribution in [0.15, 0.2) is 0 Å². The van der Waals surface area contributed by atoms with Gasteiger partial charge in [0.25, 0.3) is 0 Å². The molecule has 60 valence electrons. The lowest BCUT2D eigenvalue weighted by Gasteiger charge is -2.13. The molecule has 6 N–H and O–H groups in total. The van der Waals surface area contributed by atoms with Crippen LogP contribution in [-0.4, -0.2) is 31.7 Å². The Balaban J connectivity index is 2.70. The Labute approximate surface area is 60.5 Å². The highest BCUT2D eigenvalue weighted by molar-refractivity contribution is 5.84. The first-order valence-corrected chi connectivity index (χ1v) is 2.47. The summed E-state index contributed by atoms with van der Waals surface area (Å²) >= 11 is 0. The van der Waals surface area contributed by atoms with Crippen molar-refractivity contribution in [1.82, 2.24) is 31.2 Å². The molecule has 11 heavy (non-hydrogen) atoms. The fourth-order valence-electron chi connectivity index (χ4n) is 0.367. The molecular formula is CH6N10.